The van der Waals surface area contributed by atoms with E-state index >= 15 is 0 Å². The Labute approximate surface area is 146 Å². The molecule has 9 nitrogen and oxygen atoms in total. The minimum atomic E-state index is -1.15. The van der Waals surface area contributed by atoms with Gasteiger partial charge in [-0.05, 0) is 41.5 Å². The lowest BCUT2D eigenvalue weighted by Gasteiger charge is -2.23. The van der Waals surface area contributed by atoms with Crippen molar-refractivity contribution in [1.29, 1.82) is 0 Å². The van der Waals surface area contributed by atoms with Gasteiger partial charge in [0.05, 0.1) is 6.33 Å². The van der Waals surface area contributed by atoms with E-state index in [2.05, 4.69) is 20.0 Å². The van der Waals surface area contributed by atoms with Crippen LogP contribution in [0.5, 0.6) is 0 Å². The number of carbonyl (C=O) groups is 3. The van der Waals surface area contributed by atoms with Gasteiger partial charge in [-0.1, -0.05) is 0 Å². The number of aromatic nitrogens is 2. The number of nitrogens with one attached hydrogen (secondary N) is 2. The second kappa shape index (κ2) is 8.00. The first-order valence-electron chi connectivity index (χ1n) is 7.77. The molecule has 0 aliphatic rings. The number of esters is 1. The summed E-state index contributed by atoms with van der Waals surface area (Å²) in [6, 6.07) is -1.15. The van der Waals surface area contributed by atoms with Crippen LogP contribution in [0.4, 0.5) is 9.59 Å². The molecule has 0 saturated heterocycles. The van der Waals surface area contributed by atoms with Gasteiger partial charge in [-0.15, -0.1) is 0 Å². The van der Waals surface area contributed by atoms with Crippen LogP contribution in [0.2, 0.25) is 0 Å². The summed E-state index contributed by atoms with van der Waals surface area (Å²) in [6.45, 7) is 9.99. The Balaban J connectivity index is 2.77. The summed E-state index contributed by atoms with van der Waals surface area (Å²) in [4.78, 5) is 42.5. The van der Waals surface area contributed by atoms with Crippen molar-refractivity contribution >= 4 is 18.2 Å². The summed E-state index contributed by atoms with van der Waals surface area (Å²) in [7, 11) is 0. The average molecular weight is 355 g/mol. The highest BCUT2D eigenvalue weighted by atomic mass is 16.7. The maximum Gasteiger partial charge on any atom is 0.516 e. The molecule has 0 fully saturated rings. The van der Waals surface area contributed by atoms with Crippen molar-refractivity contribution in [2.24, 2.45) is 0 Å². The molecule has 1 rings (SSSR count). The van der Waals surface area contributed by atoms with Crippen LogP contribution < -0.4 is 5.32 Å². The highest BCUT2D eigenvalue weighted by molar-refractivity contribution is 5.88. The molecule has 1 aromatic heterocycles. The van der Waals surface area contributed by atoms with E-state index in [9.17, 15) is 14.4 Å². The molecule has 1 aromatic rings. The van der Waals surface area contributed by atoms with E-state index in [0.717, 1.165) is 0 Å². The van der Waals surface area contributed by atoms with Crippen LogP contribution >= 0.6 is 0 Å². The van der Waals surface area contributed by atoms with Crippen molar-refractivity contribution in [3.8, 4) is 0 Å². The first-order chi connectivity index (χ1) is 11.4. The highest BCUT2D eigenvalue weighted by Crippen LogP contribution is 2.11. The minimum Gasteiger partial charge on any atom is -0.444 e. The number of imidazole rings is 1. The molecule has 1 amide bonds. The molecule has 0 spiro atoms. The maximum atomic E-state index is 12.2. The second-order valence-corrected chi connectivity index (χ2v) is 7.37. The summed E-state index contributed by atoms with van der Waals surface area (Å²) in [6.07, 6.45) is 1.01. The van der Waals surface area contributed by atoms with E-state index in [1.165, 1.54) is 12.5 Å². The van der Waals surface area contributed by atoms with Crippen LogP contribution in [0, 0.1) is 0 Å². The quantitative estimate of drug-likeness (QED) is 0.628. The SMILES string of the molecule is CC(C)(C)OC(=O)N[C@@H](Cc1cnc[nH]1)C(=O)OC(=O)OC(C)(C)C. The average Bonchev–Trinajstić information content (AvgIpc) is 2.85. The smallest absolute Gasteiger partial charge is 0.444 e. The van der Waals surface area contributed by atoms with Crippen LogP contribution in [0.25, 0.3) is 0 Å². The Morgan fingerprint density at radius 2 is 1.72 bits per heavy atom. The van der Waals surface area contributed by atoms with Gasteiger partial charge in [-0.2, -0.15) is 0 Å². The van der Waals surface area contributed by atoms with E-state index in [0.29, 0.717) is 5.69 Å². The lowest BCUT2D eigenvalue weighted by molar-refractivity contribution is -0.143. The highest BCUT2D eigenvalue weighted by Gasteiger charge is 2.29. The van der Waals surface area contributed by atoms with Gasteiger partial charge in [0.1, 0.15) is 17.2 Å². The van der Waals surface area contributed by atoms with E-state index in [4.69, 9.17) is 9.47 Å². The fraction of sp³-hybridized carbons (Fsp3) is 0.625. The molecule has 2 N–H and O–H groups in total. The van der Waals surface area contributed by atoms with Crippen molar-refractivity contribution in [3.05, 3.63) is 18.2 Å². The first kappa shape index (κ1) is 20.5. The summed E-state index contributed by atoms with van der Waals surface area (Å²) in [5, 5.41) is 2.39. The Bertz CT molecular complexity index is 598. The third-order valence-corrected chi connectivity index (χ3v) is 2.53. The van der Waals surface area contributed by atoms with Crippen molar-refractivity contribution in [2.75, 3.05) is 0 Å². The number of ether oxygens (including phenoxy) is 3. The number of carbonyl (C=O) groups excluding carboxylic acids is 3. The monoisotopic (exact) mass is 355 g/mol. The lowest BCUT2D eigenvalue weighted by Crippen LogP contribution is -2.46. The lowest BCUT2D eigenvalue weighted by atomic mass is 10.1. The Morgan fingerprint density at radius 3 is 2.20 bits per heavy atom. The first-order valence-corrected chi connectivity index (χ1v) is 7.77. The van der Waals surface area contributed by atoms with E-state index in [1.807, 2.05) is 0 Å². The number of rotatable bonds is 4. The molecule has 0 radical (unpaired) electrons. The normalized spacial score (nSPS) is 12.9. The minimum absolute atomic E-state index is 0.0425. The van der Waals surface area contributed by atoms with Crippen LogP contribution in [-0.4, -0.2) is 45.4 Å². The van der Waals surface area contributed by atoms with Crippen molar-refractivity contribution in [3.63, 3.8) is 0 Å². The fourth-order valence-electron chi connectivity index (χ4n) is 1.68. The summed E-state index contributed by atoms with van der Waals surface area (Å²) < 4.78 is 14.7. The number of hydrogen-bond donors (Lipinski definition) is 2. The zero-order chi connectivity index (χ0) is 19.3. The number of H-pyrrole nitrogens is 1. The van der Waals surface area contributed by atoms with E-state index in [1.54, 1.807) is 41.5 Å². The molecule has 0 saturated carbocycles. The van der Waals surface area contributed by atoms with Crippen LogP contribution in [0.15, 0.2) is 12.5 Å². The van der Waals surface area contributed by atoms with Crippen LogP contribution in [0.3, 0.4) is 0 Å². The van der Waals surface area contributed by atoms with Gasteiger partial charge in [0.2, 0.25) is 0 Å². The molecule has 1 atom stereocenters. The molecular weight excluding hydrogens is 330 g/mol. The molecule has 0 aliphatic carbocycles. The Kier molecular flexibility index (Phi) is 6.55. The van der Waals surface area contributed by atoms with Gasteiger partial charge in [-0.25, -0.2) is 19.4 Å². The third kappa shape index (κ3) is 8.73. The van der Waals surface area contributed by atoms with Gasteiger partial charge < -0.3 is 24.5 Å². The summed E-state index contributed by atoms with van der Waals surface area (Å²) in [5.74, 6) is -0.963. The Hall–Kier alpha value is -2.58. The second-order valence-electron chi connectivity index (χ2n) is 7.37. The molecule has 0 unspecified atom stereocenters. The molecule has 0 aliphatic heterocycles. The van der Waals surface area contributed by atoms with Crippen molar-refractivity contribution < 1.29 is 28.6 Å². The number of nitrogens with zero attached hydrogens (tertiary/aromatic N) is 1. The topological polar surface area (TPSA) is 120 Å². The van der Waals surface area contributed by atoms with Crippen molar-refractivity contribution in [1.82, 2.24) is 15.3 Å². The largest absolute Gasteiger partial charge is 0.516 e. The third-order valence-electron chi connectivity index (χ3n) is 2.53. The Morgan fingerprint density at radius 1 is 1.12 bits per heavy atom. The maximum absolute atomic E-state index is 12.2. The zero-order valence-electron chi connectivity index (χ0n) is 15.3. The summed E-state index contributed by atoms with van der Waals surface area (Å²) in [5.41, 5.74) is -0.978. The summed E-state index contributed by atoms with van der Waals surface area (Å²) >= 11 is 0. The van der Waals surface area contributed by atoms with Gasteiger partial charge in [-0.3, -0.25) is 0 Å². The van der Waals surface area contributed by atoms with Gasteiger partial charge in [0, 0.05) is 18.3 Å². The number of hydrogen-bond acceptors (Lipinski definition) is 7. The van der Waals surface area contributed by atoms with Gasteiger partial charge >= 0.3 is 18.2 Å². The van der Waals surface area contributed by atoms with E-state index < -0.39 is 35.5 Å². The van der Waals surface area contributed by atoms with Crippen LogP contribution in [-0.2, 0) is 25.4 Å². The molecule has 9 heteroatoms. The fourth-order valence-corrected chi connectivity index (χ4v) is 1.68. The molecule has 0 bridgehead atoms. The molecule has 140 valence electrons. The number of amides is 1. The predicted octanol–water partition coefficient (Wildman–Crippen LogP) is 2.32. The molecule has 0 aromatic carbocycles. The van der Waals surface area contributed by atoms with Crippen molar-refractivity contribution in [2.45, 2.75) is 65.2 Å². The van der Waals surface area contributed by atoms with E-state index in [-0.39, 0.29) is 6.42 Å². The number of aromatic amines is 1. The number of alkyl carbamates (subject to hydrolysis) is 1. The van der Waals surface area contributed by atoms with Gasteiger partial charge in [0.25, 0.3) is 0 Å². The predicted molar refractivity (Wildman–Crippen MR) is 87.8 cm³/mol. The standard InChI is InChI=1S/C16H25N3O6/c1-15(2,3)24-13(21)19-11(7-10-8-17-9-18-10)12(20)23-14(22)25-16(4,5)6/h8-9,11H,7H2,1-6H3,(H,17,18)(H,19,21)/t11-/m0/s1. The molecular formula is C16H25N3O6. The molecule has 1 heterocycles. The zero-order valence-corrected chi connectivity index (χ0v) is 15.3. The molecule has 25 heavy (non-hydrogen) atoms. The van der Waals surface area contributed by atoms with Crippen LogP contribution in [0.1, 0.15) is 47.2 Å². The van der Waals surface area contributed by atoms with Gasteiger partial charge in [0.15, 0.2) is 0 Å².